The first-order valence-corrected chi connectivity index (χ1v) is 8.75. The van der Waals surface area contributed by atoms with Gasteiger partial charge in [0.25, 0.3) is 0 Å². The number of nitrogens with one attached hydrogen (secondary N) is 1. The van der Waals surface area contributed by atoms with E-state index in [9.17, 15) is 4.79 Å². The summed E-state index contributed by atoms with van der Waals surface area (Å²) >= 11 is 0. The number of hydrogen-bond donors (Lipinski definition) is 1. The van der Waals surface area contributed by atoms with Gasteiger partial charge in [-0.25, -0.2) is 0 Å². The van der Waals surface area contributed by atoms with Crippen LogP contribution in [0.2, 0.25) is 0 Å². The minimum Gasteiger partial charge on any atom is -0.309 e. The fourth-order valence-corrected chi connectivity index (χ4v) is 6.45. The number of carbonyl (C=O) groups excluding carboxylic acids is 1. The number of hydrogen-bond acceptors (Lipinski definition) is 2. The highest BCUT2D eigenvalue weighted by atomic mass is 16.1. The van der Waals surface area contributed by atoms with E-state index in [4.69, 9.17) is 5.41 Å². The van der Waals surface area contributed by atoms with E-state index in [0.717, 1.165) is 36.3 Å². The Morgan fingerprint density at radius 1 is 1.14 bits per heavy atom. The number of rotatable bonds is 0. The molecule has 3 fully saturated rings. The molecule has 0 spiro atoms. The SMILES string of the molecule is C[C@]12C=CC(=O)CC1CC[C@@H]1[C@H]2CC[C@]2(C)C(=N)CC[C@@H]12. The second-order valence-electron chi connectivity index (χ2n) is 8.49. The molecule has 0 amide bonds. The maximum Gasteiger partial charge on any atom is 0.155 e. The molecule has 0 aromatic carbocycles. The van der Waals surface area contributed by atoms with Crippen molar-refractivity contribution in [3.05, 3.63) is 12.2 Å². The van der Waals surface area contributed by atoms with E-state index in [1.165, 1.54) is 32.1 Å². The lowest BCUT2D eigenvalue weighted by Gasteiger charge is -2.58. The van der Waals surface area contributed by atoms with E-state index in [1.54, 1.807) is 0 Å². The minimum absolute atomic E-state index is 0.193. The Kier molecular flexibility index (Phi) is 2.81. The standard InChI is InChI=1S/C19H27NO/c1-18-9-7-13(21)11-12(18)3-4-14-15-5-6-17(20)19(15,2)10-8-16(14)18/h7,9,12,14-16,20H,3-6,8,10-11H2,1-2H3/t12?,14-,15-,16+,18-,19-/m0/s1. The first-order valence-electron chi connectivity index (χ1n) is 8.75. The predicted molar refractivity (Wildman–Crippen MR) is 84.4 cm³/mol. The molecule has 21 heavy (non-hydrogen) atoms. The second-order valence-corrected chi connectivity index (χ2v) is 8.49. The highest BCUT2D eigenvalue weighted by Gasteiger charge is 2.58. The van der Waals surface area contributed by atoms with E-state index in [0.29, 0.717) is 11.7 Å². The van der Waals surface area contributed by atoms with Gasteiger partial charge in [0, 0.05) is 17.5 Å². The monoisotopic (exact) mass is 285 g/mol. The van der Waals surface area contributed by atoms with Gasteiger partial charge in [-0.05, 0) is 73.7 Å². The quantitative estimate of drug-likeness (QED) is 0.704. The van der Waals surface area contributed by atoms with Crippen LogP contribution >= 0.6 is 0 Å². The topological polar surface area (TPSA) is 40.9 Å². The van der Waals surface area contributed by atoms with Gasteiger partial charge in [0.15, 0.2) is 5.78 Å². The van der Waals surface area contributed by atoms with E-state index >= 15 is 0 Å². The molecule has 3 saturated carbocycles. The Labute approximate surface area is 127 Å². The Balaban J connectivity index is 1.70. The number of allylic oxidation sites excluding steroid dienone is 2. The van der Waals surface area contributed by atoms with E-state index in [2.05, 4.69) is 19.9 Å². The summed E-state index contributed by atoms with van der Waals surface area (Å²) in [6.45, 7) is 4.78. The highest BCUT2D eigenvalue weighted by Crippen LogP contribution is 2.64. The van der Waals surface area contributed by atoms with Crippen molar-refractivity contribution in [2.75, 3.05) is 0 Å². The molecule has 1 N–H and O–H groups in total. The van der Waals surface area contributed by atoms with Crippen molar-refractivity contribution in [2.45, 2.75) is 58.8 Å². The molecule has 2 heteroatoms. The molecule has 114 valence electrons. The van der Waals surface area contributed by atoms with Crippen LogP contribution in [-0.4, -0.2) is 11.5 Å². The predicted octanol–water partition coefficient (Wildman–Crippen LogP) is 4.39. The summed E-state index contributed by atoms with van der Waals surface area (Å²) in [5.74, 6) is 3.16. The Bertz CT molecular complexity index is 536. The van der Waals surface area contributed by atoms with Crippen LogP contribution in [0.3, 0.4) is 0 Å². The molecule has 0 aromatic rings. The van der Waals surface area contributed by atoms with E-state index in [-0.39, 0.29) is 10.8 Å². The van der Waals surface area contributed by atoms with Gasteiger partial charge in [0.1, 0.15) is 0 Å². The smallest absolute Gasteiger partial charge is 0.155 e. The zero-order valence-corrected chi connectivity index (χ0v) is 13.3. The molecule has 0 aromatic heterocycles. The van der Waals surface area contributed by atoms with Gasteiger partial charge in [-0.1, -0.05) is 19.9 Å². The lowest BCUT2D eigenvalue weighted by Crippen LogP contribution is -2.52. The van der Waals surface area contributed by atoms with Crippen molar-refractivity contribution >= 4 is 11.5 Å². The Hall–Kier alpha value is -0.920. The Morgan fingerprint density at radius 2 is 1.95 bits per heavy atom. The van der Waals surface area contributed by atoms with Gasteiger partial charge in [-0.2, -0.15) is 0 Å². The van der Waals surface area contributed by atoms with E-state index < -0.39 is 0 Å². The summed E-state index contributed by atoms with van der Waals surface area (Å²) in [6, 6.07) is 0. The molecule has 2 nitrogen and oxygen atoms in total. The third-order valence-electron chi connectivity index (χ3n) is 7.82. The third kappa shape index (κ3) is 1.71. The average Bonchev–Trinajstić information content (AvgIpc) is 2.76. The molecule has 0 aliphatic heterocycles. The first-order chi connectivity index (χ1) is 9.95. The fourth-order valence-electron chi connectivity index (χ4n) is 6.45. The maximum atomic E-state index is 11.8. The molecule has 1 unspecified atom stereocenters. The molecule has 4 aliphatic carbocycles. The average molecular weight is 285 g/mol. The molecule has 4 rings (SSSR count). The molecule has 0 heterocycles. The summed E-state index contributed by atoms with van der Waals surface area (Å²) in [6.07, 6.45) is 12.1. The summed E-state index contributed by atoms with van der Waals surface area (Å²) in [5, 5.41) is 8.37. The number of ketones is 1. The highest BCUT2D eigenvalue weighted by molar-refractivity contribution is 5.91. The van der Waals surface area contributed by atoms with Gasteiger partial charge in [-0.15, -0.1) is 0 Å². The van der Waals surface area contributed by atoms with Crippen molar-refractivity contribution in [2.24, 2.45) is 34.5 Å². The zero-order valence-electron chi connectivity index (χ0n) is 13.3. The summed E-state index contributed by atoms with van der Waals surface area (Å²) in [7, 11) is 0. The van der Waals surface area contributed by atoms with Crippen molar-refractivity contribution in [3.63, 3.8) is 0 Å². The van der Waals surface area contributed by atoms with Crippen molar-refractivity contribution < 1.29 is 4.79 Å². The molecule has 4 aliphatic rings. The van der Waals surface area contributed by atoms with Crippen molar-refractivity contribution in [3.8, 4) is 0 Å². The lowest BCUT2D eigenvalue weighted by atomic mass is 9.46. The van der Waals surface area contributed by atoms with Gasteiger partial charge in [-0.3, -0.25) is 4.79 Å². The summed E-state index contributed by atoms with van der Waals surface area (Å²) in [5.41, 5.74) is 1.45. The Morgan fingerprint density at radius 3 is 2.76 bits per heavy atom. The van der Waals surface area contributed by atoms with Crippen molar-refractivity contribution in [1.29, 1.82) is 5.41 Å². The van der Waals surface area contributed by atoms with Crippen LogP contribution in [0.1, 0.15) is 58.8 Å². The molecule has 6 atom stereocenters. The lowest BCUT2D eigenvalue weighted by molar-refractivity contribution is -0.121. The van der Waals surface area contributed by atoms with Crippen LogP contribution < -0.4 is 0 Å². The van der Waals surface area contributed by atoms with Gasteiger partial charge >= 0.3 is 0 Å². The van der Waals surface area contributed by atoms with Crippen LogP contribution in [0.5, 0.6) is 0 Å². The van der Waals surface area contributed by atoms with Crippen molar-refractivity contribution in [1.82, 2.24) is 0 Å². The van der Waals surface area contributed by atoms with Gasteiger partial charge < -0.3 is 5.41 Å². The number of carbonyl (C=O) groups is 1. The molecule has 0 bridgehead atoms. The largest absolute Gasteiger partial charge is 0.309 e. The first kappa shape index (κ1) is 13.7. The fraction of sp³-hybridized carbons (Fsp3) is 0.789. The third-order valence-corrected chi connectivity index (χ3v) is 7.82. The minimum atomic E-state index is 0.193. The second kappa shape index (κ2) is 4.30. The normalized spacial score (nSPS) is 52.3. The maximum absolute atomic E-state index is 11.8. The molecule has 0 saturated heterocycles. The zero-order chi connectivity index (χ0) is 14.8. The van der Waals surface area contributed by atoms with E-state index in [1.807, 2.05) is 6.08 Å². The number of fused-ring (bicyclic) bond motifs is 5. The molecular weight excluding hydrogens is 258 g/mol. The van der Waals surface area contributed by atoms with Crippen LogP contribution in [0.15, 0.2) is 12.2 Å². The molecular formula is C19H27NO. The molecule has 0 radical (unpaired) electrons. The van der Waals surface area contributed by atoms with Crippen LogP contribution in [0.25, 0.3) is 0 Å². The van der Waals surface area contributed by atoms with Gasteiger partial charge in [0.2, 0.25) is 0 Å². The van der Waals surface area contributed by atoms with Gasteiger partial charge in [0.05, 0.1) is 0 Å². The van der Waals surface area contributed by atoms with Crippen LogP contribution in [-0.2, 0) is 4.79 Å². The summed E-state index contributed by atoms with van der Waals surface area (Å²) in [4.78, 5) is 11.8. The van der Waals surface area contributed by atoms with Crippen LogP contribution in [0.4, 0.5) is 0 Å². The summed E-state index contributed by atoms with van der Waals surface area (Å²) < 4.78 is 0. The van der Waals surface area contributed by atoms with Crippen LogP contribution in [0, 0.1) is 39.9 Å².